The number of carbonyl (C=O) groups is 1. The molecule has 1 rings (SSSR count). The van der Waals surface area contributed by atoms with E-state index in [1.807, 2.05) is 0 Å². The fraction of sp³-hybridized carbons (Fsp3) is 0. The molecule has 2 N–H and O–H groups in total. The van der Waals surface area contributed by atoms with E-state index in [4.69, 9.17) is 10.4 Å². The standard InChI is InChI=1S/C7H6O5/c8-7(9)5-3-1-2-4-6(5)11-12-10/h1-4,10H,(H,8,9). The van der Waals surface area contributed by atoms with Gasteiger partial charge in [0.1, 0.15) is 5.56 Å². The molecule has 0 bridgehead atoms. The Balaban J connectivity index is 3.00. The molecule has 0 radical (unpaired) electrons. The maximum atomic E-state index is 10.5. The zero-order valence-corrected chi connectivity index (χ0v) is 5.93. The Kier molecular flexibility index (Phi) is 2.62. The van der Waals surface area contributed by atoms with Crippen LogP contribution >= 0.6 is 0 Å². The fourth-order valence-corrected chi connectivity index (χ4v) is 0.756. The molecule has 64 valence electrons. The van der Waals surface area contributed by atoms with Crippen LogP contribution < -0.4 is 4.89 Å². The minimum atomic E-state index is -1.15. The molecule has 5 nitrogen and oxygen atoms in total. The van der Waals surface area contributed by atoms with Gasteiger partial charge in [0.25, 0.3) is 0 Å². The normalized spacial score (nSPS) is 9.42. The minimum absolute atomic E-state index is 0.0486. The van der Waals surface area contributed by atoms with Crippen molar-refractivity contribution in [3.8, 4) is 5.75 Å². The van der Waals surface area contributed by atoms with E-state index in [2.05, 4.69) is 9.93 Å². The molecule has 5 heteroatoms. The highest BCUT2D eigenvalue weighted by Gasteiger charge is 2.10. The zero-order chi connectivity index (χ0) is 8.97. The molecular weight excluding hydrogens is 164 g/mol. The number of carboxylic acids is 1. The molecular formula is C7H6O5. The molecule has 0 aliphatic rings. The van der Waals surface area contributed by atoms with Crippen molar-refractivity contribution in [2.45, 2.75) is 0 Å². The third-order valence-electron chi connectivity index (χ3n) is 1.24. The van der Waals surface area contributed by atoms with Gasteiger partial charge in [-0.3, -0.25) is 0 Å². The summed E-state index contributed by atoms with van der Waals surface area (Å²) in [5.74, 6) is -1.20. The summed E-state index contributed by atoms with van der Waals surface area (Å²) in [6, 6.07) is 5.78. The van der Waals surface area contributed by atoms with Gasteiger partial charge in [0.2, 0.25) is 0 Å². The predicted octanol–water partition coefficient (Wildman–Crippen LogP) is 1.17. The number of hydrogen-bond acceptors (Lipinski definition) is 4. The molecule has 0 saturated carbocycles. The second kappa shape index (κ2) is 3.70. The van der Waals surface area contributed by atoms with Crippen LogP contribution in [0.4, 0.5) is 0 Å². The Labute approximate surface area is 67.6 Å². The minimum Gasteiger partial charge on any atom is -0.478 e. The van der Waals surface area contributed by atoms with Crippen LogP contribution in [0.1, 0.15) is 10.4 Å². The fourth-order valence-electron chi connectivity index (χ4n) is 0.756. The lowest BCUT2D eigenvalue weighted by Crippen LogP contribution is -2.01. The van der Waals surface area contributed by atoms with Crippen LogP contribution in [0.2, 0.25) is 0 Å². The van der Waals surface area contributed by atoms with Crippen molar-refractivity contribution in [2.75, 3.05) is 0 Å². The molecule has 1 aromatic rings. The van der Waals surface area contributed by atoms with Gasteiger partial charge in [0.15, 0.2) is 5.75 Å². The van der Waals surface area contributed by atoms with E-state index in [9.17, 15) is 4.79 Å². The Morgan fingerprint density at radius 2 is 2.00 bits per heavy atom. The van der Waals surface area contributed by atoms with Gasteiger partial charge in [-0.25, -0.2) is 10.1 Å². The molecule has 0 amide bonds. The van der Waals surface area contributed by atoms with Crippen molar-refractivity contribution in [3.63, 3.8) is 0 Å². The Morgan fingerprint density at radius 3 is 2.58 bits per heavy atom. The Hall–Kier alpha value is -1.59. The summed E-state index contributed by atoms with van der Waals surface area (Å²) in [5, 5.41) is 19.8. The lowest BCUT2D eigenvalue weighted by molar-refractivity contribution is -0.438. The summed E-state index contributed by atoms with van der Waals surface area (Å²) in [7, 11) is 0. The molecule has 1 aromatic carbocycles. The first-order valence-electron chi connectivity index (χ1n) is 3.06. The van der Waals surface area contributed by atoms with E-state index in [1.165, 1.54) is 18.2 Å². The number of para-hydroxylation sites is 1. The summed E-state index contributed by atoms with van der Waals surface area (Å²) in [4.78, 5) is 14.7. The summed E-state index contributed by atoms with van der Waals surface area (Å²) >= 11 is 0. The highest BCUT2D eigenvalue weighted by molar-refractivity contribution is 5.90. The number of aromatic carboxylic acids is 1. The predicted molar refractivity (Wildman–Crippen MR) is 37.7 cm³/mol. The molecule has 0 aliphatic heterocycles. The molecule has 0 atom stereocenters. The van der Waals surface area contributed by atoms with E-state index in [0.717, 1.165) is 0 Å². The molecule has 0 spiro atoms. The number of rotatable bonds is 3. The monoisotopic (exact) mass is 170 g/mol. The number of carboxylic acid groups (broad SMARTS) is 1. The van der Waals surface area contributed by atoms with Crippen LogP contribution in [0.5, 0.6) is 5.75 Å². The summed E-state index contributed by atoms with van der Waals surface area (Å²) < 4.78 is 0. The number of hydrogen-bond donors (Lipinski definition) is 2. The average Bonchev–Trinajstić information content (AvgIpc) is 2.05. The van der Waals surface area contributed by atoms with Gasteiger partial charge in [-0.05, 0) is 17.2 Å². The van der Waals surface area contributed by atoms with Gasteiger partial charge < -0.3 is 9.99 Å². The van der Waals surface area contributed by atoms with Crippen molar-refractivity contribution in [3.05, 3.63) is 29.8 Å². The molecule has 0 saturated heterocycles. The third kappa shape index (κ3) is 1.71. The van der Waals surface area contributed by atoms with Crippen LogP contribution in [0.25, 0.3) is 0 Å². The van der Waals surface area contributed by atoms with Crippen LogP contribution in [-0.2, 0) is 5.04 Å². The summed E-state index contributed by atoms with van der Waals surface area (Å²) in [6.45, 7) is 0. The second-order valence-corrected chi connectivity index (χ2v) is 1.96. The van der Waals surface area contributed by atoms with Gasteiger partial charge in [-0.15, -0.1) is 0 Å². The smallest absolute Gasteiger partial charge is 0.339 e. The van der Waals surface area contributed by atoms with Crippen molar-refractivity contribution in [1.82, 2.24) is 0 Å². The molecule has 0 aromatic heterocycles. The van der Waals surface area contributed by atoms with Crippen LogP contribution in [0.3, 0.4) is 0 Å². The van der Waals surface area contributed by atoms with Gasteiger partial charge in [0.05, 0.1) is 0 Å². The van der Waals surface area contributed by atoms with E-state index in [1.54, 1.807) is 6.07 Å². The highest BCUT2D eigenvalue weighted by atomic mass is 17.5. The van der Waals surface area contributed by atoms with Crippen molar-refractivity contribution < 1.29 is 25.1 Å². The maximum Gasteiger partial charge on any atom is 0.339 e. The first kappa shape index (κ1) is 8.51. The van der Waals surface area contributed by atoms with Crippen molar-refractivity contribution in [1.29, 1.82) is 0 Å². The zero-order valence-electron chi connectivity index (χ0n) is 5.93. The van der Waals surface area contributed by atoms with Crippen molar-refractivity contribution in [2.24, 2.45) is 0 Å². The van der Waals surface area contributed by atoms with E-state index < -0.39 is 5.97 Å². The van der Waals surface area contributed by atoms with E-state index in [0.29, 0.717) is 0 Å². The van der Waals surface area contributed by atoms with Crippen LogP contribution in [0, 0.1) is 0 Å². The van der Waals surface area contributed by atoms with Crippen LogP contribution in [-0.4, -0.2) is 16.3 Å². The first-order chi connectivity index (χ1) is 5.75. The molecule has 12 heavy (non-hydrogen) atoms. The third-order valence-corrected chi connectivity index (χ3v) is 1.24. The van der Waals surface area contributed by atoms with E-state index in [-0.39, 0.29) is 11.3 Å². The first-order valence-corrected chi connectivity index (χ1v) is 3.06. The van der Waals surface area contributed by atoms with Gasteiger partial charge in [-0.2, -0.15) is 0 Å². The van der Waals surface area contributed by atoms with Gasteiger partial charge in [-0.1, -0.05) is 12.1 Å². The quantitative estimate of drug-likeness (QED) is 0.526. The molecule has 0 unspecified atom stereocenters. The lowest BCUT2D eigenvalue weighted by atomic mass is 10.2. The summed E-state index contributed by atoms with van der Waals surface area (Å²) in [6.07, 6.45) is 0. The Bertz CT molecular complexity index is 283. The second-order valence-electron chi connectivity index (χ2n) is 1.96. The average molecular weight is 170 g/mol. The largest absolute Gasteiger partial charge is 0.478 e. The molecule has 0 fully saturated rings. The van der Waals surface area contributed by atoms with Crippen LogP contribution in [0.15, 0.2) is 24.3 Å². The highest BCUT2D eigenvalue weighted by Crippen LogP contribution is 2.17. The molecule has 0 aliphatic carbocycles. The Morgan fingerprint density at radius 1 is 1.33 bits per heavy atom. The molecule has 0 heterocycles. The van der Waals surface area contributed by atoms with E-state index >= 15 is 0 Å². The summed E-state index contributed by atoms with van der Waals surface area (Å²) in [5.41, 5.74) is -0.0773. The van der Waals surface area contributed by atoms with Gasteiger partial charge >= 0.3 is 5.97 Å². The van der Waals surface area contributed by atoms with Crippen molar-refractivity contribution >= 4 is 5.97 Å². The number of benzene rings is 1. The van der Waals surface area contributed by atoms with Gasteiger partial charge in [0, 0.05) is 0 Å². The maximum absolute atomic E-state index is 10.5. The SMILES string of the molecule is O=C(O)c1ccccc1OOO. The topological polar surface area (TPSA) is 76.0 Å². The lowest BCUT2D eigenvalue weighted by Gasteiger charge is -2.01.